The van der Waals surface area contributed by atoms with Crippen LogP contribution in [0.2, 0.25) is 0 Å². The molecular formula is C20H20F3N5O3. The Balaban J connectivity index is 1.78. The number of hydrogen-bond acceptors (Lipinski definition) is 5. The maximum atomic E-state index is 12.2. The third kappa shape index (κ3) is 5.95. The van der Waals surface area contributed by atoms with E-state index in [0.29, 0.717) is 22.6 Å². The van der Waals surface area contributed by atoms with Gasteiger partial charge in [-0.15, -0.1) is 0 Å². The number of anilines is 1. The summed E-state index contributed by atoms with van der Waals surface area (Å²) >= 11 is 0. The van der Waals surface area contributed by atoms with Gasteiger partial charge in [0.25, 0.3) is 0 Å². The number of urea groups is 1. The van der Waals surface area contributed by atoms with Crippen LogP contribution in [0.5, 0.6) is 0 Å². The Morgan fingerprint density at radius 3 is 2.84 bits per heavy atom. The summed E-state index contributed by atoms with van der Waals surface area (Å²) < 4.78 is 38.5. The minimum Gasteiger partial charge on any atom is -0.393 e. The minimum atomic E-state index is -4.48. The summed E-state index contributed by atoms with van der Waals surface area (Å²) in [7, 11) is 0. The van der Waals surface area contributed by atoms with Crippen LogP contribution in [0.3, 0.4) is 0 Å². The van der Waals surface area contributed by atoms with Crippen LogP contribution < -0.4 is 10.6 Å². The molecule has 11 heteroatoms. The number of oxime groups is 1. The van der Waals surface area contributed by atoms with Gasteiger partial charge in [-0.1, -0.05) is 17.3 Å². The van der Waals surface area contributed by atoms with Gasteiger partial charge in [-0.3, -0.25) is 4.40 Å². The molecule has 0 aliphatic rings. The Labute approximate surface area is 175 Å². The smallest absolute Gasteiger partial charge is 0.393 e. The number of nitrogens with zero attached hydrogens (tertiary/aromatic N) is 3. The standard InChI is InChI=1S/C20H20F3N5O3/c1-13(27-31-8-7-29)14-5-6-28-17(11-24-18(28)10-14)15-3-2-4-16(9-15)26-19(30)25-12-20(21,22)23/h2-6,9-11,29H,7-8,12H2,1H3,(H2,25,26,30)/b27-13+. The minimum absolute atomic E-state index is 0.103. The van der Waals surface area contributed by atoms with Crippen LogP contribution in [0.1, 0.15) is 12.5 Å². The number of nitrogens with one attached hydrogen (secondary N) is 2. The fourth-order valence-corrected chi connectivity index (χ4v) is 2.77. The molecule has 0 fully saturated rings. The number of aromatic nitrogens is 2. The van der Waals surface area contributed by atoms with Gasteiger partial charge in [-0.25, -0.2) is 9.78 Å². The van der Waals surface area contributed by atoms with Crippen molar-refractivity contribution in [1.29, 1.82) is 0 Å². The van der Waals surface area contributed by atoms with Crippen LogP contribution >= 0.6 is 0 Å². The molecule has 2 aromatic heterocycles. The van der Waals surface area contributed by atoms with E-state index in [-0.39, 0.29) is 13.2 Å². The maximum absolute atomic E-state index is 12.2. The summed E-state index contributed by atoms with van der Waals surface area (Å²) in [6.07, 6.45) is -1.03. The average Bonchev–Trinajstić information content (AvgIpc) is 3.15. The van der Waals surface area contributed by atoms with Gasteiger partial charge in [0, 0.05) is 23.0 Å². The first-order valence-electron chi connectivity index (χ1n) is 9.24. The Hall–Kier alpha value is -3.60. The Bertz CT molecular complexity index is 1100. The number of aliphatic hydroxyl groups excluding tert-OH is 1. The first kappa shape index (κ1) is 22.1. The van der Waals surface area contributed by atoms with Crippen molar-refractivity contribution in [2.75, 3.05) is 25.1 Å². The normalized spacial score (nSPS) is 12.1. The largest absolute Gasteiger partial charge is 0.405 e. The molecule has 0 saturated heterocycles. The lowest BCUT2D eigenvalue weighted by Crippen LogP contribution is -2.36. The van der Waals surface area contributed by atoms with E-state index in [4.69, 9.17) is 9.94 Å². The maximum Gasteiger partial charge on any atom is 0.405 e. The van der Waals surface area contributed by atoms with Gasteiger partial charge in [0.15, 0.2) is 0 Å². The predicted octanol–water partition coefficient (Wildman–Crippen LogP) is 3.42. The Morgan fingerprint density at radius 2 is 2.10 bits per heavy atom. The van der Waals surface area contributed by atoms with E-state index in [1.165, 1.54) is 0 Å². The molecule has 0 aliphatic heterocycles. The number of alkyl halides is 3. The second kappa shape index (κ2) is 9.47. The van der Waals surface area contributed by atoms with E-state index < -0.39 is 18.8 Å². The van der Waals surface area contributed by atoms with E-state index in [9.17, 15) is 18.0 Å². The molecule has 3 rings (SSSR count). The predicted molar refractivity (Wildman–Crippen MR) is 109 cm³/mol. The average molecular weight is 435 g/mol. The number of amides is 2. The first-order valence-corrected chi connectivity index (χ1v) is 9.24. The summed E-state index contributed by atoms with van der Waals surface area (Å²) in [5, 5.41) is 16.8. The highest BCUT2D eigenvalue weighted by Crippen LogP contribution is 2.24. The van der Waals surface area contributed by atoms with Crippen molar-refractivity contribution in [3.05, 3.63) is 54.4 Å². The third-order valence-corrected chi connectivity index (χ3v) is 4.18. The number of carbonyl (C=O) groups is 1. The molecule has 0 aliphatic carbocycles. The van der Waals surface area contributed by atoms with Crippen LogP contribution in [-0.4, -0.2) is 52.2 Å². The summed E-state index contributed by atoms with van der Waals surface area (Å²) in [6.45, 7) is 0.330. The molecule has 0 radical (unpaired) electrons. The van der Waals surface area contributed by atoms with Crippen molar-refractivity contribution in [2.24, 2.45) is 5.16 Å². The number of hydrogen-bond donors (Lipinski definition) is 3. The zero-order valence-corrected chi connectivity index (χ0v) is 16.5. The van der Waals surface area contributed by atoms with Crippen LogP contribution in [0.4, 0.5) is 23.7 Å². The van der Waals surface area contributed by atoms with Gasteiger partial charge >= 0.3 is 12.2 Å². The van der Waals surface area contributed by atoms with Crippen molar-refractivity contribution in [1.82, 2.24) is 14.7 Å². The molecule has 164 valence electrons. The number of carbonyl (C=O) groups excluding carboxylic acids is 1. The van der Waals surface area contributed by atoms with Crippen LogP contribution in [0.25, 0.3) is 16.9 Å². The van der Waals surface area contributed by atoms with E-state index >= 15 is 0 Å². The summed E-state index contributed by atoms with van der Waals surface area (Å²) in [5.41, 5.74) is 3.84. The van der Waals surface area contributed by atoms with Gasteiger partial charge in [-0.2, -0.15) is 13.2 Å². The van der Waals surface area contributed by atoms with Gasteiger partial charge in [0.1, 0.15) is 18.8 Å². The van der Waals surface area contributed by atoms with Gasteiger partial charge in [0.2, 0.25) is 0 Å². The molecule has 3 aromatic rings. The van der Waals surface area contributed by atoms with E-state index in [1.807, 2.05) is 16.5 Å². The monoisotopic (exact) mass is 435 g/mol. The van der Waals surface area contributed by atoms with Crippen LogP contribution in [0.15, 0.2) is 53.9 Å². The molecule has 3 N–H and O–H groups in total. The fourth-order valence-electron chi connectivity index (χ4n) is 2.77. The molecule has 0 spiro atoms. The highest BCUT2D eigenvalue weighted by Gasteiger charge is 2.27. The zero-order valence-electron chi connectivity index (χ0n) is 16.5. The lowest BCUT2D eigenvalue weighted by Gasteiger charge is -2.11. The molecule has 2 amide bonds. The molecule has 8 nitrogen and oxygen atoms in total. The number of halogens is 3. The number of benzene rings is 1. The van der Waals surface area contributed by atoms with Crippen molar-refractivity contribution in [2.45, 2.75) is 13.1 Å². The summed E-state index contributed by atoms with van der Waals surface area (Å²) in [5.74, 6) is 0. The highest BCUT2D eigenvalue weighted by atomic mass is 19.4. The second-order valence-corrected chi connectivity index (χ2v) is 6.52. The van der Waals surface area contributed by atoms with Crippen molar-refractivity contribution < 1.29 is 27.9 Å². The molecule has 31 heavy (non-hydrogen) atoms. The lowest BCUT2D eigenvalue weighted by molar-refractivity contribution is -0.122. The van der Waals surface area contributed by atoms with Gasteiger partial charge < -0.3 is 20.6 Å². The van der Waals surface area contributed by atoms with E-state index in [0.717, 1.165) is 11.3 Å². The summed E-state index contributed by atoms with van der Waals surface area (Å²) in [6, 6.07) is 9.38. The number of pyridine rings is 1. The number of rotatable bonds is 7. The SMILES string of the molecule is C/C(=N\OCCO)c1ccn2c(-c3cccc(NC(=O)NCC(F)(F)F)c3)cnc2c1. The number of imidazole rings is 1. The molecule has 0 bridgehead atoms. The molecule has 1 aromatic carbocycles. The zero-order chi connectivity index (χ0) is 22.4. The molecule has 2 heterocycles. The lowest BCUT2D eigenvalue weighted by atomic mass is 10.1. The number of aliphatic hydroxyl groups is 1. The molecule has 0 atom stereocenters. The molecule has 0 saturated carbocycles. The number of fused-ring (bicyclic) bond motifs is 1. The summed E-state index contributed by atoms with van der Waals surface area (Å²) in [4.78, 5) is 21.0. The van der Waals surface area contributed by atoms with Crippen molar-refractivity contribution in [3.63, 3.8) is 0 Å². The fraction of sp³-hybridized carbons (Fsp3) is 0.250. The quantitative estimate of drug-likeness (QED) is 0.301. The van der Waals surface area contributed by atoms with Gasteiger partial charge in [0.05, 0.1) is 24.2 Å². The molecular weight excluding hydrogens is 415 g/mol. The highest BCUT2D eigenvalue weighted by molar-refractivity contribution is 5.99. The Morgan fingerprint density at radius 1 is 1.29 bits per heavy atom. The topological polar surface area (TPSA) is 100 Å². The van der Waals surface area contributed by atoms with Crippen molar-refractivity contribution in [3.8, 4) is 11.3 Å². The van der Waals surface area contributed by atoms with E-state index in [2.05, 4.69) is 15.5 Å². The van der Waals surface area contributed by atoms with Crippen molar-refractivity contribution >= 4 is 23.1 Å². The first-order chi connectivity index (χ1) is 14.8. The molecule has 0 unspecified atom stereocenters. The van der Waals surface area contributed by atoms with Crippen LogP contribution in [-0.2, 0) is 4.84 Å². The van der Waals surface area contributed by atoms with Gasteiger partial charge in [-0.05, 0) is 31.2 Å². The van der Waals surface area contributed by atoms with E-state index in [1.54, 1.807) is 48.9 Å². The van der Waals surface area contributed by atoms with Crippen LogP contribution in [0, 0.1) is 0 Å². The second-order valence-electron chi connectivity index (χ2n) is 6.52. The Kier molecular flexibility index (Phi) is 6.75. The third-order valence-electron chi connectivity index (χ3n) is 4.18.